The maximum absolute atomic E-state index is 13.2. The van der Waals surface area contributed by atoms with Crippen LogP contribution in [0.5, 0.6) is 5.75 Å². The van der Waals surface area contributed by atoms with Gasteiger partial charge < -0.3 is 14.2 Å². The Morgan fingerprint density at radius 2 is 1.87 bits per heavy atom. The van der Waals surface area contributed by atoms with Gasteiger partial charge in [-0.3, -0.25) is 9.89 Å². The summed E-state index contributed by atoms with van der Waals surface area (Å²) < 4.78 is 7.43. The number of H-pyrrole nitrogens is 1. The molecule has 0 spiro atoms. The first-order valence-electron chi connectivity index (χ1n) is 10.4. The van der Waals surface area contributed by atoms with Crippen molar-refractivity contribution in [1.29, 1.82) is 0 Å². The molecule has 0 atom stereocenters. The molecule has 1 aromatic carbocycles. The smallest absolute Gasteiger partial charge is 0.257 e. The maximum Gasteiger partial charge on any atom is 0.257 e. The van der Waals surface area contributed by atoms with E-state index in [2.05, 4.69) is 15.2 Å². The molecule has 3 aromatic rings. The van der Waals surface area contributed by atoms with Crippen LogP contribution in [0.15, 0.2) is 36.7 Å². The van der Waals surface area contributed by atoms with Gasteiger partial charge in [-0.05, 0) is 43.9 Å². The number of aromatic nitrogens is 4. The van der Waals surface area contributed by atoms with Gasteiger partial charge in [-0.25, -0.2) is 4.98 Å². The highest BCUT2D eigenvalue weighted by Gasteiger charge is 2.31. The van der Waals surface area contributed by atoms with Crippen LogP contribution in [-0.4, -0.2) is 50.8 Å². The third-order valence-corrected chi connectivity index (χ3v) is 6.32. The molecule has 5 rings (SSSR count). The van der Waals surface area contributed by atoms with Gasteiger partial charge in [0, 0.05) is 43.4 Å². The number of nitrogens with zero attached hydrogens (tertiary/aromatic N) is 4. The van der Waals surface area contributed by atoms with Crippen LogP contribution < -0.4 is 4.74 Å². The molecule has 3 heterocycles. The SMILES string of the molecule is COc1cc(-n2cccc2)c(Cl)cc1C(=O)N1CCC(c2nc(C3CC3)n[nH]2)CC1. The van der Waals surface area contributed by atoms with Gasteiger partial charge in [-0.2, -0.15) is 5.10 Å². The van der Waals surface area contributed by atoms with E-state index in [0.717, 1.165) is 30.2 Å². The highest BCUT2D eigenvalue weighted by Crippen LogP contribution is 2.39. The minimum absolute atomic E-state index is 0.0532. The van der Waals surface area contributed by atoms with Crippen LogP contribution in [0.3, 0.4) is 0 Å². The number of hydrogen-bond acceptors (Lipinski definition) is 4. The van der Waals surface area contributed by atoms with E-state index in [4.69, 9.17) is 16.3 Å². The summed E-state index contributed by atoms with van der Waals surface area (Å²) in [7, 11) is 1.58. The molecule has 156 valence electrons. The van der Waals surface area contributed by atoms with Crippen LogP contribution in [0, 0.1) is 0 Å². The third-order valence-electron chi connectivity index (χ3n) is 6.01. The fourth-order valence-corrected chi connectivity index (χ4v) is 4.35. The predicted molar refractivity (Wildman–Crippen MR) is 114 cm³/mol. The van der Waals surface area contributed by atoms with Crippen LogP contribution in [0.25, 0.3) is 5.69 Å². The fourth-order valence-electron chi connectivity index (χ4n) is 4.09. The van der Waals surface area contributed by atoms with Gasteiger partial charge >= 0.3 is 0 Å². The second-order valence-electron chi connectivity index (χ2n) is 8.01. The number of ether oxygens (including phenoxy) is 1. The third kappa shape index (κ3) is 3.58. The first-order valence-corrected chi connectivity index (χ1v) is 10.7. The molecule has 1 aliphatic carbocycles. The summed E-state index contributed by atoms with van der Waals surface area (Å²) in [4.78, 5) is 19.8. The number of nitrogens with one attached hydrogen (secondary N) is 1. The largest absolute Gasteiger partial charge is 0.496 e. The molecule has 0 radical (unpaired) electrons. The minimum Gasteiger partial charge on any atom is -0.496 e. The number of benzene rings is 1. The second kappa shape index (κ2) is 7.80. The molecule has 1 N–H and O–H groups in total. The molecule has 1 saturated heterocycles. The predicted octanol–water partition coefficient (Wildman–Crippen LogP) is 4.15. The molecular formula is C22H24ClN5O2. The summed E-state index contributed by atoms with van der Waals surface area (Å²) >= 11 is 6.50. The number of carbonyl (C=O) groups is 1. The molecule has 0 bridgehead atoms. The molecule has 2 aliphatic rings. The zero-order valence-electron chi connectivity index (χ0n) is 16.8. The lowest BCUT2D eigenvalue weighted by atomic mass is 9.95. The fraction of sp³-hybridized carbons (Fsp3) is 0.409. The van der Waals surface area contributed by atoms with Crippen molar-refractivity contribution in [2.75, 3.05) is 20.2 Å². The van der Waals surface area contributed by atoms with E-state index in [9.17, 15) is 4.79 Å². The number of rotatable bonds is 5. The van der Waals surface area contributed by atoms with Crippen molar-refractivity contribution < 1.29 is 9.53 Å². The van der Waals surface area contributed by atoms with Gasteiger partial charge in [-0.15, -0.1) is 0 Å². The van der Waals surface area contributed by atoms with E-state index in [1.807, 2.05) is 40.1 Å². The minimum atomic E-state index is -0.0532. The Bertz CT molecular complexity index is 1050. The molecule has 1 amide bonds. The molecule has 1 aliphatic heterocycles. The van der Waals surface area contributed by atoms with E-state index >= 15 is 0 Å². The van der Waals surface area contributed by atoms with Gasteiger partial charge in [0.15, 0.2) is 5.82 Å². The summed E-state index contributed by atoms with van der Waals surface area (Å²) in [6, 6.07) is 7.38. The summed E-state index contributed by atoms with van der Waals surface area (Å²) in [5, 5.41) is 7.99. The summed E-state index contributed by atoms with van der Waals surface area (Å²) in [5.74, 6) is 3.24. The lowest BCUT2D eigenvalue weighted by Gasteiger charge is -2.31. The number of methoxy groups -OCH3 is 1. The highest BCUT2D eigenvalue weighted by molar-refractivity contribution is 6.33. The summed E-state index contributed by atoms with van der Waals surface area (Å²) in [5.41, 5.74) is 1.28. The molecule has 7 nitrogen and oxygen atoms in total. The van der Waals surface area contributed by atoms with Gasteiger partial charge in [0.05, 0.1) is 23.4 Å². The summed E-state index contributed by atoms with van der Waals surface area (Å²) in [6.45, 7) is 1.34. The zero-order chi connectivity index (χ0) is 20.7. The van der Waals surface area contributed by atoms with Crippen LogP contribution in [0.2, 0.25) is 5.02 Å². The van der Waals surface area contributed by atoms with Gasteiger partial charge in [0.2, 0.25) is 0 Å². The Morgan fingerprint density at radius 1 is 1.13 bits per heavy atom. The van der Waals surface area contributed by atoms with Gasteiger partial charge in [0.1, 0.15) is 11.6 Å². The first-order chi connectivity index (χ1) is 14.6. The number of aromatic amines is 1. The molecule has 30 heavy (non-hydrogen) atoms. The van der Waals surface area contributed by atoms with Crippen molar-refractivity contribution in [2.45, 2.75) is 37.5 Å². The van der Waals surface area contributed by atoms with Crippen LogP contribution in [-0.2, 0) is 0 Å². The van der Waals surface area contributed by atoms with Crippen molar-refractivity contribution in [1.82, 2.24) is 24.6 Å². The standard InChI is InChI=1S/C22H24ClN5O2/c1-30-19-13-18(27-8-2-3-9-27)17(23)12-16(19)22(29)28-10-6-15(7-11-28)21-24-20(25-26-21)14-4-5-14/h2-3,8-9,12-15H,4-7,10-11H2,1H3,(H,24,25,26). The average molecular weight is 426 g/mol. The second-order valence-corrected chi connectivity index (χ2v) is 8.42. The Hall–Kier alpha value is -2.80. The molecular weight excluding hydrogens is 402 g/mol. The van der Waals surface area contributed by atoms with E-state index < -0.39 is 0 Å². The van der Waals surface area contributed by atoms with Crippen molar-refractivity contribution in [2.24, 2.45) is 0 Å². The number of piperidine rings is 1. The van der Waals surface area contributed by atoms with E-state index in [1.54, 1.807) is 13.2 Å². The molecule has 8 heteroatoms. The number of amides is 1. The first kappa shape index (κ1) is 19.2. The number of hydrogen-bond donors (Lipinski definition) is 1. The lowest BCUT2D eigenvalue weighted by molar-refractivity contribution is 0.0708. The van der Waals surface area contributed by atoms with E-state index in [0.29, 0.717) is 41.3 Å². The number of likely N-dealkylation sites (tertiary alicyclic amines) is 1. The Balaban J connectivity index is 1.30. The highest BCUT2D eigenvalue weighted by atomic mass is 35.5. The van der Waals surface area contributed by atoms with Crippen LogP contribution >= 0.6 is 11.6 Å². The van der Waals surface area contributed by atoms with Crippen LogP contribution in [0.1, 0.15) is 59.5 Å². The molecule has 0 unspecified atom stereocenters. The van der Waals surface area contributed by atoms with Gasteiger partial charge in [-0.1, -0.05) is 11.6 Å². The van der Waals surface area contributed by atoms with E-state index in [1.165, 1.54) is 12.8 Å². The Labute approximate surface area is 180 Å². The Morgan fingerprint density at radius 3 is 2.53 bits per heavy atom. The van der Waals surface area contributed by atoms with Crippen LogP contribution in [0.4, 0.5) is 0 Å². The molecule has 2 aromatic heterocycles. The molecule has 2 fully saturated rings. The summed E-state index contributed by atoms with van der Waals surface area (Å²) in [6.07, 6.45) is 7.93. The zero-order valence-corrected chi connectivity index (χ0v) is 17.6. The van der Waals surface area contributed by atoms with Crippen molar-refractivity contribution in [3.63, 3.8) is 0 Å². The van der Waals surface area contributed by atoms with Crippen molar-refractivity contribution >= 4 is 17.5 Å². The number of halogens is 1. The lowest BCUT2D eigenvalue weighted by Crippen LogP contribution is -2.38. The Kier molecular flexibility index (Phi) is 4.98. The van der Waals surface area contributed by atoms with E-state index in [-0.39, 0.29) is 5.91 Å². The van der Waals surface area contributed by atoms with Crippen molar-refractivity contribution in [3.05, 3.63) is 58.9 Å². The normalized spacial score (nSPS) is 17.3. The topological polar surface area (TPSA) is 76.0 Å². The van der Waals surface area contributed by atoms with Gasteiger partial charge in [0.25, 0.3) is 5.91 Å². The average Bonchev–Trinajstić information content (AvgIpc) is 3.27. The van der Waals surface area contributed by atoms with Crippen molar-refractivity contribution in [3.8, 4) is 11.4 Å². The molecule has 1 saturated carbocycles. The number of carbonyl (C=O) groups excluding carboxylic acids is 1. The quantitative estimate of drug-likeness (QED) is 0.666. The monoisotopic (exact) mass is 425 g/mol. The maximum atomic E-state index is 13.2.